The van der Waals surface area contributed by atoms with E-state index in [0.29, 0.717) is 17.0 Å². The molecule has 0 aliphatic carbocycles. The number of nitrogens with zero attached hydrogens (tertiary/aromatic N) is 1. The second-order valence-corrected chi connectivity index (χ2v) is 6.53. The Morgan fingerprint density at radius 3 is 2.41 bits per heavy atom. The van der Waals surface area contributed by atoms with Crippen LogP contribution in [-0.4, -0.2) is 43.5 Å². The van der Waals surface area contributed by atoms with Crippen LogP contribution in [0.25, 0.3) is 0 Å². The van der Waals surface area contributed by atoms with Crippen LogP contribution in [0, 0.1) is 0 Å². The summed E-state index contributed by atoms with van der Waals surface area (Å²) in [5, 5.41) is 5.89. The molecule has 1 aliphatic rings. The third-order valence-corrected chi connectivity index (χ3v) is 4.61. The minimum Gasteiger partial charge on any atom is -0.495 e. The molecule has 1 aliphatic heterocycles. The molecule has 6 heteroatoms. The van der Waals surface area contributed by atoms with E-state index >= 15 is 0 Å². The van der Waals surface area contributed by atoms with Crippen LogP contribution in [0.15, 0.2) is 48.5 Å². The Hall–Kier alpha value is -3.02. The summed E-state index contributed by atoms with van der Waals surface area (Å²) in [6, 6.07) is 14.5. The Labute approximate surface area is 159 Å². The van der Waals surface area contributed by atoms with Crippen molar-refractivity contribution in [1.29, 1.82) is 0 Å². The lowest BCUT2D eigenvalue weighted by Gasteiger charge is -2.26. The van der Waals surface area contributed by atoms with E-state index in [1.807, 2.05) is 29.2 Å². The quantitative estimate of drug-likeness (QED) is 0.821. The Kier molecular flexibility index (Phi) is 6.30. The second kappa shape index (κ2) is 9.07. The SMILES string of the molecule is COc1ccccc1NC(=O)CNc1ccc(C(=O)N2CCCCC2)cc1. The van der Waals surface area contributed by atoms with Crippen molar-refractivity contribution in [3.63, 3.8) is 0 Å². The van der Waals surface area contributed by atoms with Crippen LogP contribution in [0.3, 0.4) is 0 Å². The highest BCUT2D eigenvalue weighted by Gasteiger charge is 2.17. The molecule has 142 valence electrons. The number of piperidine rings is 1. The van der Waals surface area contributed by atoms with Gasteiger partial charge in [0, 0.05) is 24.3 Å². The number of methoxy groups -OCH3 is 1. The van der Waals surface area contributed by atoms with E-state index in [-0.39, 0.29) is 18.4 Å². The van der Waals surface area contributed by atoms with Crippen molar-refractivity contribution in [3.8, 4) is 5.75 Å². The van der Waals surface area contributed by atoms with Gasteiger partial charge in [-0.3, -0.25) is 9.59 Å². The largest absolute Gasteiger partial charge is 0.495 e. The number of rotatable bonds is 6. The first kappa shape index (κ1) is 18.8. The molecular weight excluding hydrogens is 342 g/mol. The number of nitrogens with one attached hydrogen (secondary N) is 2. The fraction of sp³-hybridized carbons (Fsp3) is 0.333. The van der Waals surface area contributed by atoms with Gasteiger partial charge in [-0.25, -0.2) is 0 Å². The lowest BCUT2D eigenvalue weighted by Crippen LogP contribution is -2.35. The highest BCUT2D eigenvalue weighted by molar-refractivity contribution is 5.96. The van der Waals surface area contributed by atoms with Gasteiger partial charge in [0.15, 0.2) is 0 Å². The van der Waals surface area contributed by atoms with Gasteiger partial charge in [0.1, 0.15) is 5.75 Å². The zero-order valence-electron chi connectivity index (χ0n) is 15.5. The molecular formula is C21H25N3O3. The lowest BCUT2D eigenvalue weighted by atomic mass is 10.1. The van der Waals surface area contributed by atoms with E-state index in [0.717, 1.165) is 31.6 Å². The van der Waals surface area contributed by atoms with Gasteiger partial charge >= 0.3 is 0 Å². The maximum absolute atomic E-state index is 12.5. The number of para-hydroxylation sites is 2. The van der Waals surface area contributed by atoms with Gasteiger partial charge in [0.05, 0.1) is 19.3 Å². The van der Waals surface area contributed by atoms with Gasteiger partial charge in [0.25, 0.3) is 5.91 Å². The molecule has 2 aromatic carbocycles. The highest BCUT2D eigenvalue weighted by atomic mass is 16.5. The molecule has 0 atom stereocenters. The van der Waals surface area contributed by atoms with E-state index in [4.69, 9.17) is 4.74 Å². The summed E-state index contributed by atoms with van der Waals surface area (Å²) < 4.78 is 5.22. The van der Waals surface area contributed by atoms with Crippen LogP contribution < -0.4 is 15.4 Å². The average Bonchev–Trinajstić information content (AvgIpc) is 2.73. The van der Waals surface area contributed by atoms with Crippen molar-refractivity contribution >= 4 is 23.2 Å². The molecule has 0 bridgehead atoms. The zero-order chi connectivity index (χ0) is 19.1. The number of ether oxygens (including phenoxy) is 1. The summed E-state index contributed by atoms with van der Waals surface area (Å²) >= 11 is 0. The van der Waals surface area contributed by atoms with Gasteiger partial charge in [-0.05, 0) is 55.7 Å². The molecule has 0 saturated carbocycles. The van der Waals surface area contributed by atoms with Gasteiger partial charge in [-0.1, -0.05) is 12.1 Å². The van der Waals surface area contributed by atoms with Crippen LogP contribution in [-0.2, 0) is 4.79 Å². The van der Waals surface area contributed by atoms with Crippen molar-refractivity contribution in [1.82, 2.24) is 4.90 Å². The van der Waals surface area contributed by atoms with Gasteiger partial charge in [-0.15, -0.1) is 0 Å². The molecule has 2 aromatic rings. The minimum atomic E-state index is -0.173. The van der Waals surface area contributed by atoms with Crippen LogP contribution >= 0.6 is 0 Å². The van der Waals surface area contributed by atoms with Crippen molar-refractivity contribution in [2.24, 2.45) is 0 Å². The topological polar surface area (TPSA) is 70.7 Å². The first-order valence-electron chi connectivity index (χ1n) is 9.23. The highest BCUT2D eigenvalue weighted by Crippen LogP contribution is 2.23. The first-order valence-corrected chi connectivity index (χ1v) is 9.23. The second-order valence-electron chi connectivity index (χ2n) is 6.53. The van der Waals surface area contributed by atoms with Crippen LogP contribution in [0.4, 0.5) is 11.4 Å². The molecule has 2 amide bonds. The molecule has 0 unspecified atom stereocenters. The monoisotopic (exact) mass is 367 g/mol. The van der Waals surface area contributed by atoms with E-state index < -0.39 is 0 Å². The summed E-state index contributed by atoms with van der Waals surface area (Å²) in [5.74, 6) is 0.523. The molecule has 2 N–H and O–H groups in total. The van der Waals surface area contributed by atoms with Crippen molar-refractivity contribution in [3.05, 3.63) is 54.1 Å². The van der Waals surface area contributed by atoms with E-state index in [9.17, 15) is 9.59 Å². The molecule has 3 rings (SSSR count). The number of hydrogen-bond donors (Lipinski definition) is 2. The number of amides is 2. The Morgan fingerprint density at radius 1 is 1.00 bits per heavy atom. The van der Waals surface area contributed by atoms with Crippen LogP contribution in [0.1, 0.15) is 29.6 Å². The third-order valence-electron chi connectivity index (χ3n) is 4.61. The lowest BCUT2D eigenvalue weighted by molar-refractivity contribution is -0.114. The smallest absolute Gasteiger partial charge is 0.253 e. The predicted octanol–water partition coefficient (Wildman–Crippen LogP) is 3.37. The summed E-state index contributed by atoms with van der Waals surface area (Å²) in [4.78, 5) is 26.5. The maximum Gasteiger partial charge on any atom is 0.253 e. The average molecular weight is 367 g/mol. The van der Waals surface area contributed by atoms with E-state index in [1.165, 1.54) is 6.42 Å². The number of hydrogen-bond acceptors (Lipinski definition) is 4. The number of benzene rings is 2. The summed E-state index contributed by atoms with van der Waals surface area (Å²) in [6.45, 7) is 1.79. The van der Waals surface area contributed by atoms with E-state index in [2.05, 4.69) is 10.6 Å². The van der Waals surface area contributed by atoms with E-state index in [1.54, 1.807) is 31.4 Å². The van der Waals surface area contributed by atoms with Crippen molar-refractivity contribution in [2.45, 2.75) is 19.3 Å². The molecule has 6 nitrogen and oxygen atoms in total. The van der Waals surface area contributed by atoms with Gasteiger partial charge < -0.3 is 20.3 Å². The molecule has 0 aromatic heterocycles. The standard InChI is InChI=1S/C21H25N3O3/c1-27-19-8-4-3-7-18(19)23-20(25)15-22-17-11-9-16(10-12-17)21(26)24-13-5-2-6-14-24/h3-4,7-12,22H,2,5-6,13-15H2,1H3,(H,23,25). The maximum atomic E-state index is 12.5. The number of carbonyl (C=O) groups is 2. The normalized spacial score (nSPS) is 13.7. The zero-order valence-corrected chi connectivity index (χ0v) is 15.5. The summed E-state index contributed by atoms with van der Waals surface area (Å²) in [7, 11) is 1.57. The van der Waals surface area contributed by atoms with Crippen molar-refractivity contribution < 1.29 is 14.3 Å². The number of anilines is 2. The predicted molar refractivity (Wildman–Crippen MR) is 106 cm³/mol. The molecule has 0 spiro atoms. The Morgan fingerprint density at radius 2 is 1.70 bits per heavy atom. The third kappa shape index (κ3) is 5.00. The first-order chi connectivity index (χ1) is 13.2. The summed E-state index contributed by atoms with van der Waals surface area (Å²) in [5.41, 5.74) is 2.11. The molecule has 1 fully saturated rings. The molecule has 1 saturated heterocycles. The van der Waals surface area contributed by atoms with Crippen LogP contribution in [0.5, 0.6) is 5.75 Å². The van der Waals surface area contributed by atoms with Gasteiger partial charge in [-0.2, -0.15) is 0 Å². The number of likely N-dealkylation sites (tertiary alicyclic amines) is 1. The molecule has 1 heterocycles. The fourth-order valence-electron chi connectivity index (χ4n) is 3.13. The molecule has 27 heavy (non-hydrogen) atoms. The van der Waals surface area contributed by atoms with Gasteiger partial charge in [0.2, 0.25) is 5.91 Å². The number of carbonyl (C=O) groups excluding carboxylic acids is 2. The Bertz CT molecular complexity index is 784. The fourth-order valence-corrected chi connectivity index (χ4v) is 3.13. The summed E-state index contributed by atoms with van der Waals surface area (Å²) in [6.07, 6.45) is 3.35. The minimum absolute atomic E-state index is 0.0789. The Balaban J connectivity index is 1.52. The molecule has 0 radical (unpaired) electrons. The van der Waals surface area contributed by atoms with Crippen LogP contribution in [0.2, 0.25) is 0 Å². The van der Waals surface area contributed by atoms with Crippen molar-refractivity contribution in [2.75, 3.05) is 37.4 Å².